The zero-order valence-electron chi connectivity index (χ0n) is 6.92. The van der Waals surface area contributed by atoms with E-state index in [1.807, 2.05) is 0 Å². The molecule has 1 heterocycles. The molecule has 8 N–H and O–H groups in total. The van der Waals surface area contributed by atoms with Gasteiger partial charge in [-0.15, -0.1) is 0 Å². The maximum Gasteiger partial charge on any atom is 0.225 e. The van der Waals surface area contributed by atoms with Crippen LogP contribution < -0.4 is 11.5 Å². The van der Waals surface area contributed by atoms with Crippen LogP contribution in [0.15, 0.2) is 0 Å². The zero-order chi connectivity index (χ0) is 10.3. The fourth-order valence-corrected chi connectivity index (χ4v) is 1.23. The van der Waals surface area contributed by atoms with Crippen molar-refractivity contribution in [3.63, 3.8) is 0 Å². The van der Waals surface area contributed by atoms with Crippen molar-refractivity contribution in [3.05, 3.63) is 0 Å². The lowest BCUT2D eigenvalue weighted by atomic mass is 9.94. The molecule has 0 amide bonds. The number of hydrogen-bond acceptors (Lipinski definition) is 7. The van der Waals surface area contributed by atoms with E-state index in [4.69, 9.17) is 16.6 Å². The van der Waals surface area contributed by atoms with Crippen LogP contribution in [0, 0.1) is 0 Å². The molecule has 1 saturated heterocycles. The van der Waals surface area contributed by atoms with E-state index < -0.39 is 36.9 Å². The second-order valence-electron chi connectivity index (χ2n) is 3.24. The van der Waals surface area contributed by atoms with Gasteiger partial charge in [0, 0.05) is 6.42 Å². The number of ether oxygens (including phenoxy) is 1. The van der Waals surface area contributed by atoms with Crippen molar-refractivity contribution in [1.29, 1.82) is 0 Å². The van der Waals surface area contributed by atoms with Crippen molar-refractivity contribution >= 4 is 0 Å². The van der Waals surface area contributed by atoms with E-state index in [1.54, 1.807) is 0 Å². The second kappa shape index (κ2) is 3.14. The lowest BCUT2D eigenvalue weighted by Crippen LogP contribution is -2.70. The highest BCUT2D eigenvalue weighted by Crippen LogP contribution is 2.27. The Morgan fingerprint density at radius 2 is 1.92 bits per heavy atom. The van der Waals surface area contributed by atoms with E-state index in [2.05, 4.69) is 4.74 Å². The van der Waals surface area contributed by atoms with E-state index in [-0.39, 0.29) is 0 Å². The first kappa shape index (κ1) is 10.8. The number of aliphatic hydroxyl groups is 4. The monoisotopic (exact) mass is 194 g/mol. The van der Waals surface area contributed by atoms with Gasteiger partial charge in [0.25, 0.3) is 0 Å². The fraction of sp³-hybridized carbons (Fsp3) is 1.00. The number of aliphatic hydroxyl groups excluding tert-OH is 2. The number of rotatable bonds is 1. The molecule has 0 aromatic rings. The van der Waals surface area contributed by atoms with Crippen molar-refractivity contribution in [2.45, 2.75) is 30.3 Å². The molecule has 7 heteroatoms. The van der Waals surface area contributed by atoms with Gasteiger partial charge < -0.3 is 25.2 Å². The molecule has 7 nitrogen and oxygen atoms in total. The first-order chi connectivity index (χ1) is 5.79. The minimum Gasteiger partial charge on any atom is -0.393 e. The van der Waals surface area contributed by atoms with Gasteiger partial charge in [-0.3, -0.25) is 11.5 Å². The lowest BCUT2D eigenvalue weighted by Gasteiger charge is -2.45. The smallest absolute Gasteiger partial charge is 0.225 e. The Labute approximate surface area is 74.5 Å². The number of nitrogens with two attached hydrogens (primary N) is 2. The first-order valence-electron chi connectivity index (χ1n) is 3.79. The van der Waals surface area contributed by atoms with Crippen LogP contribution in [0.25, 0.3) is 0 Å². The molecular weight excluding hydrogens is 180 g/mol. The molecule has 1 aliphatic rings. The summed E-state index contributed by atoms with van der Waals surface area (Å²) in [5.74, 6) is -2.07. The van der Waals surface area contributed by atoms with Crippen molar-refractivity contribution in [1.82, 2.24) is 0 Å². The Morgan fingerprint density at radius 3 is 2.38 bits per heavy atom. The van der Waals surface area contributed by atoms with Crippen molar-refractivity contribution in [2.75, 3.05) is 6.61 Å². The van der Waals surface area contributed by atoms with Gasteiger partial charge in [-0.05, 0) is 0 Å². The number of hydrogen-bond donors (Lipinski definition) is 6. The van der Waals surface area contributed by atoms with Crippen molar-refractivity contribution in [2.24, 2.45) is 11.5 Å². The third-order valence-corrected chi connectivity index (χ3v) is 2.05. The van der Waals surface area contributed by atoms with E-state index in [0.717, 1.165) is 0 Å². The highest BCUT2D eigenvalue weighted by molar-refractivity contribution is 4.95. The fourth-order valence-electron chi connectivity index (χ4n) is 1.23. The van der Waals surface area contributed by atoms with Gasteiger partial charge in [0.2, 0.25) is 5.91 Å². The summed E-state index contributed by atoms with van der Waals surface area (Å²) in [6.07, 6.45) is -3.18. The van der Waals surface area contributed by atoms with Gasteiger partial charge in [0.1, 0.15) is 12.2 Å². The average Bonchev–Trinajstić information content (AvgIpc) is 1.97. The summed E-state index contributed by atoms with van der Waals surface area (Å²) in [4.78, 5) is 0. The molecule has 4 atom stereocenters. The molecule has 0 unspecified atom stereocenters. The standard InChI is InChI=1S/C6H14N2O5/c7-5(11)1-3(10)6(8,12)4(2-9)13-5/h3-4,9-12H,1-2,7-8H2/t3-,4-,5+,6+/m1/s1. The Hall–Kier alpha value is -0.280. The molecule has 0 bridgehead atoms. The van der Waals surface area contributed by atoms with Crippen molar-refractivity contribution in [3.8, 4) is 0 Å². The summed E-state index contributed by atoms with van der Waals surface area (Å²) < 4.78 is 4.66. The molecule has 1 fully saturated rings. The Balaban J connectivity index is 2.82. The third-order valence-electron chi connectivity index (χ3n) is 2.05. The summed E-state index contributed by atoms with van der Waals surface area (Å²) in [5, 5.41) is 36.6. The van der Waals surface area contributed by atoms with Crippen LogP contribution in [-0.4, -0.2) is 50.9 Å². The predicted octanol–water partition coefficient (Wildman–Crippen LogP) is -3.62. The molecule has 0 aromatic heterocycles. The van der Waals surface area contributed by atoms with Crippen LogP contribution in [0.1, 0.15) is 6.42 Å². The quantitative estimate of drug-likeness (QED) is 0.236. The van der Waals surface area contributed by atoms with E-state index in [1.165, 1.54) is 0 Å². The van der Waals surface area contributed by atoms with Crippen LogP contribution in [0.3, 0.4) is 0 Å². The topological polar surface area (TPSA) is 142 Å². The molecule has 13 heavy (non-hydrogen) atoms. The van der Waals surface area contributed by atoms with Gasteiger partial charge in [0.05, 0.1) is 6.61 Å². The average molecular weight is 194 g/mol. The normalized spacial score (nSPS) is 52.2. The van der Waals surface area contributed by atoms with Crippen LogP contribution >= 0.6 is 0 Å². The molecular formula is C6H14N2O5. The molecule has 0 aromatic carbocycles. The van der Waals surface area contributed by atoms with Gasteiger partial charge in [-0.2, -0.15) is 0 Å². The maximum absolute atomic E-state index is 9.41. The molecule has 0 aliphatic carbocycles. The first-order valence-corrected chi connectivity index (χ1v) is 3.79. The lowest BCUT2D eigenvalue weighted by molar-refractivity contribution is -0.330. The Kier molecular flexibility index (Phi) is 2.61. The summed E-state index contributed by atoms with van der Waals surface area (Å²) in [5.41, 5.74) is 8.31. The van der Waals surface area contributed by atoms with E-state index in [9.17, 15) is 15.3 Å². The highest BCUT2D eigenvalue weighted by Gasteiger charge is 2.51. The molecule has 78 valence electrons. The largest absolute Gasteiger partial charge is 0.393 e. The van der Waals surface area contributed by atoms with E-state index in [0.29, 0.717) is 0 Å². The predicted molar refractivity (Wildman–Crippen MR) is 40.9 cm³/mol. The van der Waals surface area contributed by atoms with Crippen LogP contribution in [-0.2, 0) is 4.74 Å². The molecule has 1 aliphatic heterocycles. The second-order valence-corrected chi connectivity index (χ2v) is 3.24. The Morgan fingerprint density at radius 1 is 1.38 bits per heavy atom. The zero-order valence-corrected chi connectivity index (χ0v) is 6.92. The SMILES string of the molecule is N[C@]1(O)[C@H](O)C[C@](N)(O)O[C@@H]1CO. The molecule has 1 rings (SSSR count). The summed E-state index contributed by atoms with van der Waals surface area (Å²) in [7, 11) is 0. The minimum absolute atomic E-state index is 0.420. The van der Waals surface area contributed by atoms with Gasteiger partial charge >= 0.3 is 0 Å². The molecule has 0 radical (unpaired) electrons. The summed E-state index contributed by atoms with van der Waals surface area (Å²) >= 11 is 0. The molecule has 0 saturated carbocycles. The summed E-state index contributed by atoms with van der Waals surface area (Å²) in [6.45, 7) is -0.649. The highest BCUT2D eigenvalue weighted by atomic mass is 16.7. The van der Waals surface area contributed by atoms with Gasteiger partial charge in [0.15, 0.2) is 5.72 Å². The minimum atomic E-state index is -2.10. The third kappa shape index (κ3) is 1.97. The maximum atomic E-state index is 9.41. The Bertz CT molecular complexity index is 195. The van der Waals surface area contributed by atoms with Crippen LogP contribution in [0.2, 0.25) is 0 Å². The summed E-state index contributed by atoms with van der Waals surface area (Å²) in [6, 6.07) is 0. The molecule has 0 spiro atoms. The van der Waals surface area contributed by atoms with Gasteiger partial charge in [-0.25, -0.2) is 0 Å². The van der Waals surface area contributed by atoms with Crippen LogP contribution in [0.4, 0.5) is 0 Å². The van der Waals surface area contributed by atoms with Crippen LogP contribution in [0.5, 0.6) is 0 Å². The van der Waals surface area contributed by atoms with Gasteiger partial charge in [-0.1, -0.05) is 0 Å². The van der Waals surface area contributed by atoms with E-state index >= 15 is 0 Å². The van der Waals surface area contributed by atoms with Crippen molar-refractivity contribution < 1.29 is 25.2 Å².